The Balaban J connectivity index is 2.06. The van der Waals surface area contributed by atoms with Gasteiger partial charge in [-0.05, 0) is 25.3 Å². The van der Waals surface area contributed by atoms with Crippen molar-refractivity contribution in [1.29, 1.82) is 0 Å². The molecule has 0 saturated carbocycles. The summed E-state index contributed by atoms with van der Waals surface area (Å²) >= 11 is 5.90. The van der Waals surface area contributed by atoms with Gasteiger partial charge in [0.25, 0.3) is 5.91 Å². The molecule has 1 aromatic heterocycles. The zero-order valence-corrected chi connectivity index (χ0v) is 10.5. The molecule has 1 aliphatic heterocycles. The zero-order chi connectivity index (χ0) is 13.0. The van der Waals surface area contributed by atoms with Crippen LogP contribution in [0, 0.1) is 0 Å². The van der Waals surface area contributed by atoms with E-state index >= 15 is 0 Å². The van der Waals surface area contributed by atoms with Crippen LogP contribution < -0.4 is 10.6 Å². The molecular weight excluding hydrogens is 254 g/mol. The smallest absolute Gasteiger partial charge is 0.255 e. The van der Waals surface area contributed by atoms with Gasteiger partial charge in [-0.3, -0.25) is 14.6 Å². The van der Waals surface area contributed by atoms with Crippen molar-refractivity contribution in [2.75, 3.05) is 6.54 Å². The van der Waals surface area contributed by atoms with Gasteiger partial charge in [-0.15, -0.1) is 0 Å². The number of halogens is 1. The molecule has 1 aromatic rings. The summed E-state index contributed by atoms with van der Waals surface area (Å²) in [6.45, 7) is 0.666. The van der Waals surface area contributed by atoms with Crippen molar-refractivity contribution in [1.82, 2.24) is 15.6 Å². The van der Waals surface area contributed by atoms with Gasteiger partial charge in [0, 0.05) is 18.9 Å². The fourth-order valence-corrected chi connectivity index (χ4v) is 2.05. The first-order valence-corrected chi connectivity index (χ1v) is 6.24. The minimum atomic E-state index is -0.490. The maximum absolute atomic E-state index is 12.0. The first-order valence-electron chi connectivity index (χ1n) is 5.86. The number of hydrogen-bond acceptors (Lipinski definition) is 3. The van der Waals surface area contributed by atoms with Crippen LogP contribution in [0.25, 0.3) is 0 Å². The summed E-state index contributed by atoms with van der Waals surface area (Å²) in [5.74, 6) is -0.504. The molecule has 1 fully saturated rings. The molecule has 18 heavy (non-hydrogen) atoms. The van der Waals surface area contributed by atoms with Crippen molar-refractivity contribution in [2.45, 2.75) is 25.3 Å². The summed E-state index contributed by atoms with van der Waals surface area (Å²) in [6.07, 6.45) is 5.40. The van der Waals surface area contributed by atoms with Crippen molar-refractivity contribution in [3.8, 4) is 0 Å². The normalized spacial score (nSPS) is 19.8. The molecule has 1 aliphatic rings. The Kier molecular flexibility index (Phi) is 4.15. The molecule has 1 atom stereocenters. The molecular formula is C12H14ClN3O2. The van der Waals surface area contributed by atoms with E-state index in [1.54, 1.807) is 6.07 Å². The number of carbonyl (C=O) groups is 2. The number of pyridine rings is 1. The van der Waals surface area contributed by atoms with Gasteiger partial charge in [0.15, 0.2) is 0 Å². The second-order valence-corrected chi connectivity index (χ2v) is 4.58. The van der Waals surface area contributed by atoms with E-state index in [4.69, 9.17) is 11.6 Å². The fourth-order valence-electron chi connectivity index (χ4n) is 1.86. The van der Waals surface area contributed by atoms with Crippen LogP contribution in [0.4, 0.5) is 0 Å². The number of aromatic nitrogens is 1. The second kappa shape index (κ2) is 5.82. The third-order valence-corrected chi connectivity index (χ3v) is 3.18. The van der Waals surface area contributed by atoms with Crippen molar-refractivity contribution in [3.05, 3.63) is 29.0 Å². The van der Waals surface area contributed by atoms with Crippen molar-refractivity contribution >= 4 is 23.4 Å². The van der Waals surface area contributed by atoms with Gasteiger partial charge < -0.3 is 10.6 Å². The van der Waals surface area contributed by atoms with E-state index in [9.17, 15) is 9.59 Å². The van der Waals surface area contributed by atoms with Crippen LogP contribution in [-0.4, -0.2) is 29.4 Å². The Morgan fingerprint density at radius 1 is 1.50 bits per heavy atom. The lowest BCUT2D eigenvalue weighted by Gasteiger charge is -2.15. The van der Waals surface area contributed by atoms with E-state index in [1.165, 1.54) is 12.4 Å². The average molecular weight is 268 g/mol. The monoisotopic (exact) mass is 267 g/mol. The predicted octanol–water partition coefficient (Wildman–Crippen LogP) is 1.13. The van der Waals surface area contributed by atoms with E-state index in [1.807, 2.05) is 0 Å². The highest BCUT2D eigenvalue weighted by Crippen LogP contribution is 2.14. The third kappa shape index (κ3) is 2.98. The molecule has 5 nitrogen and oxygen atoms in total. The molecule has 0 radical (unpaired) electrons. The summed E-state index contributed by atoms with van der Waals surface area (Å²) in [5, 5.41) is 5.78. The van der Waals surface area contributed by atoms with E-state index < -0.39 is 6.04 Å². The molecule has 0 spiro atoms. The van der Waals surface area contributed by atoms with Crippen molar-refractivity contribution < 1.29 is 9.59 Å². The fraction of sp³-hybridized carbons (Fsp3) is 0.417. The minimum absolute atomic E-state index is 0.138. The lowest BCUT2D eigenvalue weighted by Crippen LogP contribution is -2.45. The molecule has 2 heterocycles. The van der Waals surface area contributed by atoms with E-state index in [0.717, 1.165) is 12.8 Å². The molecule has 0 aliphatic carbocycles. The number of carbonyl (C=O) groups excluding carboxylic acids is 2. The van der Waals surface area contributed by atoms with Gasteiger partial charge in [-0.25, -0.2) is 0 Å². The molecule has 0 bridgehead atoms. The van der Waals surface area contributed by atoms with Crippen molar-refractivity contribution in [3.63, 3.8) is 0 Å². The number of rotatable bonds is 2. The molecule has 0 aromatic carbocycles. The molecule has 2 rings (SSSR count). The van der Waals surface area contributed by atoms with E-state index in [0.29, 0.717) is 18.0 Å². The zero-order valence-electron chi connectivity index (χ0n) is 9.78. The minimum Gasteiger partial charge on any atom is -0.354 e. The molecule has 1 unspecified atom stereocenters. The molecule has 6 heteroatoms. The van der Waals surface area contributed by atoms with Gasteiger partial charge in [-0.1, -0.05) is 11.6 Å². The highest BCUT2D eigenvalue weighted by atomic mass is 35.5. The number of nitrogens with one attached hydrogen (secondary N) is 2. The van der Waals surface area contributed by atoms with Crippen LogP contribution in [0.5, 0.6) is 0 Å². The van der Waals surface area contributed by atoms with E-state index in [2.05, 4.69) is 15.6 Å². The van der Waals surface area contributed by atoms with Crippen LogP contribution in [-0.2, 0) is 4.79 Å². The highest BCUT2D eigenvalue weighted by Gasteiger charge is 2.23. The first-order chi connectivity index (χ1) is 8.68. The SMILES string of the molecule is O=C(NC1CCCCNC1=O)c1cnccc1Cl. The summed E-state index contributed by atoms with van der Waals surface area (Å²) in [6, 6.07) is 1.06. The predicted molar refractivity (Wildman–Crippen MR) is 67.4 cm³/mol. The summed E-state index contributed by atoms with van der Waals surface area (Å²) < 4.78 is 0. The molecule has 1 saturated heterocycles. The topological polar surface area (TPSA) is 71.1 Å². The Labute approximate surface area is 110 Å². The van der Waals surface area contributed by atoms with Crippen LogP contribution in [0.2, 0.25) is 5.02 Å². The van der Waals surface area contributed by atoms with Crippen LogP contribution in [0.3, 0.4) is 0 Å². The summed E-state index contributed by atoms with van der Waals surface area (Å²) in [4.78, 5) is 27.5. The number of nitrogens with zero attached hydrogens (tertiary/aromatic N) is 1. The second-order valence-electron chi connectivity index (χ2n) is 4.17. The van der Waals surface area contributed by atoms with Crippen molar-refractivity contribution in [2.24, 2.45) is 0 Å². The number of hydrogen-bond donors (Lipinski definition) is 2. The first kappa shape index (κ1) is 12.8. The lowest BCUT2D eigenvalue weighted by molar-refractivity contribution is -0.122. The Bertz CT molecular complexity index is 464. The quantitative estimate of drug-likeness (QED) is 0.844. The summed E-state index contributed by atoms with van der Waals surface area (Å²) in [5.41, 5.74) is 0.288. The highest BCUT2D eigenvalue weighted by molar-refractivity contribution is 6.33. The lowest BCUT2D eigenvalue weighted by atomic mass is 10.1. The van der Waals surface area contributed by atoms with Gasteiger partial charge >= 0.3 is 0 Å². The molecule has 2 N–H and O–H groups in total. The van der Waals surface area contributed by atoms with E-state index in [-0.39, 0.29) is 17.4 Å². The van der Waals surface area contributed by atoms with Gasteiger partial charge in [-0.2, -0.15) is 0 Å². The Morgan fingerprint density at radius 3 is 3.11 bits per heavy atom. The molecule has 96 valence electrons. The largest absolute Gasteiger partial charge is 0.354 e. The van der Waals surface area contributed by atoms with Crippen LogP contribution >= 0.6 is 11.6 Å². The van der Waals surface area contributed by atoms with Crippen LogP contribution in [0.15, 0.2) is 18.5 Å². The number of amides is 2. The third-order valence-electron chi connectivity index (χ3n) is 2.85. The van der Waals surface area contributed by atoms with Crippen LogP contribution in [0.1, 0.15) is 29.6 Å². The summed E-state index contributed by atoms with van der Waals surface area (Å²) in [7, 11) is 0. The Morgan fingerprint density at radius 2 is 2.33 bits per heavy atom. The van der Waals surface area contributed by atoms with Gasteiger partial charge in [0.1, 0.15) is 6.04 Å². The molecule has 2 amide bonds. The maximum atomic E-state index is 12.0. The maximum Gasteiger partial charge on any atom is 0.255 e. The van der Waals surface area contributed by atoms with Gasteiger partial charge in [0.2, 0.25) is 5.91 Å². The standard InChI is InChI=1S/C12H14ClN3O2/c13-9-4-6-14-7-8(9)11(17)16-10-3-1-2-5-15-12(10)18/h4,6-7,10H,1-3,5H2,(H,15,18)(H,16,17). The Hall–Kier alpha value is -1.62. The average Bonchev–Trinajstić information content (AvgIpc) is 2.55. The van der Waals surface area contributed by atoms with Gasteiger partial charge in [0.05, 0.1) is 10.6 Å².